The van der Waals surface area contributed by atoms with Crippen LogP contribution in [0.1, 0.15) is 12.5 Å². The van der Waals surface area contributed by atoms with Crippen LogP contribution in [0.15, 0.2) is 42.5 Å². The van der Waals surface area contributed by atoms with Crippen LogP contribution >= 0.6 is 0 Å². The van der Waals surface area contributed by atoms with Crippen LogP contribution in [0.3, 0.4) is 0 Å². The summed E-state index contributed by atoms with van der Waals surface area (Å²) in [5.41, 5.74) is 1.92. The molecule has 0 aromatic heterocycles. The fourth-order valence-electron chi connectivity index (χ4n) is 2.47. The Morgan fingerprint density at radius 3 is 2.60 bits per heavy atom. The van der Waals surface area contributed by atoms with E-state index in [1.807, 2.05) is 30.3 Å². The molecule has 5 nitrogen and oxygen atoms in total. The van der Waals surface area contributed by atoms with Crippen LogP contribution in [0.2, 0.25) is 0 Å². The van der Waals surface area contributed by atoms with Gasteiger partial charge >= 0.3 is 0 Å². The molecule has 0 aliphatic carbocycles. The van der Waals surface area contributed by atoms with Gasteiger partial charge in [0.1, 0.15) is 12.4 Å². The predicted octanol–water partition coefficient (Wildman–Crippen LogP) is 3.05. The van der Waals surface area contributed by atoms with Gasteiger partial charge in [0.2, 0.25) is 0 Å². The van der Waals surface area contributed by atoms with Crippen molar-refractivity contribution in [1.82, 2.24) is 5.01 Å². The number of halogens is 1. The number of nitrogens with two attached hydrogens (primary N) is 1. The van der Waals surface area contributed by atoms with Crippen LogP contribution in [0.25, 0.3) is 0 Å². The third-order valence-corrected chi connectivity index (χ3v) is 3.87. The number of rotatable bonds is 9. The first kappa shape index (κ1) is 19.0. The normalized spacial score (nSPS) is 10.8. The lowest BCUT2D eigenvalue weighted by Gasteiger charge is -2.24. The van der Waals surface area contributed by atoms with Crippen molar-refractivity contribution in [2.45, 2.75) is 13.5 Å². The number of hydrogen-bond donors (Lipinski definition) is 1. The fourth-order valence-corrected chi connectivity index (χ4v) is 2.47. The van der Waals surface area contributed by atoms with Crippen LogP contribution in [-0.4, -0.2) is 38.9 Å². The maximum Gasteiger partial charge on any atom is 0.165 e. The second-order valence-electron chi connectivity index (χ2n) is 5.81. The minimum absolute atomic E-state index is 0.245. The lowest BCUT2D eigenvalue weighted by Crippen LogP contribution is -2.30. The summed E-state index contributed by atoms with van der Waals surface area (Å²) in [4.78, 5) is 2.15. The van der Waals surface area contributed by atoms with E-state index >= 15 is 0 Å². The number of anilines is 1. The molecule has 0 spiro atoms. The number of ether oxygens (including phenoxy) is 2. The average Bonchev–Trinajstić information content (AvgIpc) is 2.61. The van der Waals surface area contributed by atoms with Crippen molar-refractivity contribution < 1.29 is 13.9 Å². The molecule has 0 heterocycles. The van der Waals surface area contributed by atoms with Crippen molar-refractivity contribution in [3.63, 3.8) is 0 Å². The van der Waals surface area contributed by atoms with Gasteiger partial charge in [-0.25, -0.2) is 9.40 Å². The van der Waals surface area contributed by atoms with Gasteiger partial charge in [0.05, 0.1) is 7.11 Å². The summed E-state index contributed by atoms with van der Waals surface area (Å²) in [6.07, 6.45) is 0. The third kappa shape index (κ3) is 5.62. The molecule has 2 N–H and O–H groups in total. The van der Waals surface area contributed by atoms with Gasteiger partial charge in [0, 0.05) is 38.4 Å². The summed E-state index contributed by atoms with van der Waals surface area (Å²) in [5.74, 6) is 6.19. The molecule has 6 heteroatoms. The molecule has 2 aromatic carbocycles. The van der Waals surface area contributed by atoms with Gasteiger partial charge in [-0.05, 0) is 36.8 Å². The van der Waals surface area contributed by atoms with E-state index in [-0.39, 0.29) is 11.6 Å². The van der Waals surface area contributed by atoms with Crippen molar-refractivity contribution >= 4 is 5.69 Å². The third-order valence-electron chi connectivity index (χ3n) is 3.87. The van der Waals surface area contributed by atoms with E-state index in [1.54, 1.807) is 20.2 Å². The summed E-state index contributed by atoms with van der Waals surface area (Å²) in [5, 5.41) is 1.50. The highest BCUT2D eigenvalue weighted by Crippen LogP contribution is 2.24. The Morgan fingerprint density at radius 1 is 1.16 bits per heavy atom. The van der Waals surface area contributed by atoms with Crippen LogP contribution < -0.4 is 20.2 Å². The van der Waals surface area contributed by atoms with Gasteiger partial charge in [0.15, 0.2) is 11.6 Å². The Balaban J connectivity index is 2.06. The molecule has 0 saturated carbocycles. The second-order valence-corrected chi connectivity index (χ2v) is 5.81. The molecule has 25 heavy (non-hydrogen) atoms. The summed E-state index contributed by atoms with van der Waals surface area (Å²) in [6, 6.07) is 12.9. The van der Waals surface area contributed by atoms with E-state index in [2.05, 4.69) is 11.8 Å². The number of hydrazine groups is 1. The minimum atomic E-state index is -0.362. The highest BCUT2D eigenvalue weighted by Gasteiger charge is 2.10. The number of nitrogens with zero attached hydrogens (tertiary/aromatic N) is 2. The Kier molecular flexibility index (Phi) is 7.03. The van der Waals surface area contributed by atoms with Gasteiger partial charge in [-0.1, -0.05) is 12.1 Å². The Labute approximate surface area is 148 Å². The minimum Gasteiger partial charge on any atom is -0.497 e. The van der Waals surface area contributed by atoms with E-state index in [4.69, 9.17) is 15.3 Å². The first-order valence-electron chi connectivity index (χ1n) is 8.29. The molecular formula is C19H26FN3O2. The van der Waals surface area contributed by atoms with Gasteiger partial charge < -0.3 is 14.4 Å². The number of likely N-dealkylation sites (N-methyl/N-ethyl adjacent to an activating group) is 1. The van der Waals surface area contributed by atoms with Gasteiger partial charge in [-0.2, -0.15) is 0 Å². The van der Waals surface area contributed by atoms with E-state index in [0.717, 1.165) is 23.5 Å². The van der Waals surface area contributed by atoms with E-state index in [0.29, 0.717) is 19.7 Å². The Morgan fingerprint density at radius 2 is 1.96 bits per heavy atom. The van der Waals surface area contributed by atoms with Crippen molar-refractivity contribution in [3.8, 4) is 11.5 Å². The molecule has 136 valence electrons. The van der Waals surface area contributed by atoms with Gasteiger partial charge in [0.25, 0.3) is 0 Å². The lowest BCUT2D eigenvalue weighted by atomic mass is 10.1. The van der Waals surface area contributed by atoms with E-state index < -0.39 is 0 Å². The standard InChI is InChI=1S/C19H26FN3O2/c1-4-23(16-6-5-7-17(13-16)24-3)14-15-8-9-19(18(20)12-15)25-11-10-22(2)21/h5-9,12-13H,4,10-11,14,21H2,1-3H3. The predicted molar refractivity (Wildman–Crippen MR) is 98.4 cm³/mol. The molecule has 0 amide bonds. The van der Waals surface area contributed by atoms with E-state index in [9.17, 15) is 4.39 Å². The maximum absolute atomic E-state index is 14.2. The smallest absolute Gasteiger partial charge is 0.165 e. The van der Waals surface area contributed by atoms with E-state index in [1.165, 1.54) is 11.1 Å². The monoisotopic (exact) mass is 347 g/mol. The quantitative estimate of drug-likeness (QED) is 0.558. The first-order chi connectivity index (χ1) is 12.0. The number of hydrogen-bond acceptors (Lipinski definition) is 5. The lowest BCUT2D eigenvalue weighted by molar-refractivity contribution is 0.234. The van der Waals surface area contributed by atoms with Gasteiger partial charge in [-0.3, -0.25) is 5.84 Å². The van der Waals surface area contributed by atoms with Crippen molar-refractivity contribution in [2.75, 3.05) is 38.8 Å². The molecule has 0 aliphatic heterocycles. The van der Waals surface area contributed by atoms with Crippen LogP contribution in [0, 0.1) is 5.82 Å². The molecule has 2 aromatic rings. The second kappa shape index (κ2) is 9.25. The summed E-state index contributed by atoms with van der Waals surface area (Å²) in [7, 11) is 3.38. The van der Waals surface area contributed by atoms with Crippen LogP contribution in [-0.2, 0) is 6.54 Å². The van der Waals surface area contributed by atoms with Crippen molar-refractivity contribution in [3.05, 3.63) is 53.8 Å². The zero-order valence-corrected chi connectivity index (χ0v) is 15.0. The largest absolute Gasteiger partial charge is 0.497 e. The fraction of sp³-hybridized carbons (Fsp3) is 0.368. The Bertz CT molecular complexity index is 679. The summed E-state index contributed by atoms with van der Waals surface area (Å²) >= 11 is 0. The average molecular weight is 347 g/mol. The van der Waals surface area contributed by atoms with Crippen molar-refractivity contribution in [2.24, 2.45) is 5.84 Å². The van der Waals surface area contributed by atoms with Crippen LogP contribution in [0.5, 0.6) is 11.5 Å². The zero-order chi connectivity index (χ0) is 18.2. The topological polar surface area (TPSA) is 51.0 Å². The zero-order valence-electron chi connectivity index (χ0n) is 15.0. The molecule has 0 aliphatic rings. The molecule has 0 atom stereocenters. The number of methoxy groups -OCH3 is 1. The maximum atomic E-state index is 14.2. The van der Waals surface area contributed by atoms with Gasteiger partial charge in [-0.15, -0.1) is 0 Å². The molecule has 0 bridgehead atoms. The molecule has 0 unspecified atom stereocenters. The first-order valence-corrected chi connectivity index (χ1v) is 8.29. The highest BCUT2D eigenvalue weighted by atomic mass is 19.1. The summed E-state index contributed by atoms with van der Waals surface area (Å²) in [6.45, 7) is 4.34. The Hall–Kier alpha value is -2.31. The molecule has 0 radical (unpaired) electrons. The molecule has 2 rings (SSSR count). The summed E-state index contributed by atoms with van der Waals surface area (Å²) < 4.78 is 24.9. The molecule has 0 fully saturated rings. The number of benzene rings is 2. The van der Waals surface area contributed by atoms with Crippen molar-refractivity contribution in [1.29, 1.82) is 0 Å². The van der Waals surface area contributed by atoms with Crippen LogP contribution in [0.4, 0.5) is 10.1 Å². The molecular weight excluding hydrogens is 321 g/mol. The highest BCUT2D eigenvalue weighted by molar-refractivity contribution is 5.51. The SMILES string of the molecule is CCN(Cc1ccc(OCCN(C)N)c(F)c1)c1cccc(OC)c1. The molecule has 0 saturated heterocycles.